The average molecular weight is 494 g/mol. The van der Waals surface area contributed by atoms with Crippen molar-refractivity contribution in [2.75, 3.05) is 59.4 Å². The molecule has 2 aliphatic heterocycles. The Morgan fingerprint density at radius 3 is 2.54 bits per heavy atom. The molecule has 2 aromatic heterocycles. The largest absolute Gasteiger partial charge is 0.356 e. The highest BCUT2D eigenvalue weighted by Crippen LogP contribution is 2.28. The zero-order valence-corrected chi connectivity index (χ0v) is 21.3. The van der Waals surface area contributed by atoms with E-state index in [1.54, 1.807) is 0 Å². The maximum absolute atomic E-state index is 13.1. The summed E-state index contributed by atoms with van der Waals surface area (Å²) in [7, 11) is 2.17. The van der Waals surface area contributed by atoms with E-state index in [1.165, 1.54) is 16.7 Å². The number of carbonyl (C=O) groups excluding carboxylic acids is 2. The number of hydrogen-bond acceptors (Lipinski definition) is 5. The van der Waals surface area contributed by atoms with Gasteiger partial charge in [-0.15, -0.1) is 11.3 Å². The topological polar surface area (TPSA) is 60.8 Å². The number of piperazine rings is 1. The molecule has 2 aliphatic rings. The lowest BCUT2D eigenvalue weighted by molar-refractivity contribution is -0.126. The van der Waals surface area contributed by atoms with Crippen LogP contribution >= 0.6 is 11.3 Å². The number of para-hydroxylation sites is 1. The number of amides is 2. The van der Waals surface area contributed by atoms with Gasteiger partial charge in [0, 0.05) is 57.9 Å². The highest BCUT2D eigenvalue weighted by atomic mass is 32.1. The van der Waals surface area contributed by atoms with E-state index in [9.17, 15) is 9.59 Å². The van der Waals surface area contributed by atoms with Crippen molar-refractivity contribution >= 4 is 34.1 Å². The minimum Gasteiger partial charge on any atom is -0.356 e. The Kier molecular flexibility index (Phi) is 7.51. The maximum Gasteiger partial charge on any atom is 0.263 e. The van der Waals surface area contributed by atoms with E-state index >= 15 is 0 Å². The van der Waals surface area contributed by atoms with Crippen molar-refractivity contribution in [2.45, 2.75) is 19.3 Å². The quantitative estimate of drug-likeness (QED) is 0.513. The first-order chi connectivity index (χ1) is 17.1. The van der Waals surface area contributed by atoms with Crippen molar-refractivity contribution in [3.05, 3.63) is 53.5 Å². The predicted octanol–water partition coefficient (Wildman–Crippen LogP) is 3.30. The molecule has 0 aliphatic carbocycles. The van der Waals surface area contributed by atoms with Gasteiger partial charge in [0.05, 0.1) is 10.4 Å². The van der Waals surface area contributed by atoms with E-state index in [2.05, 4.69) is 51.1 Å². The normalized spacial score (nSPS) is 18.3. The number of likely N-dealkylation sites (tertiary alicyclic amines) is 1. The first-order valence-electron chi connectivity index (χ1n) is 12.7. The number of nitrogens with zero attached hydrogens (tertiary/aromatic N) is 4. The smallest absolute Gasteiger partial charge is 0.263 e. The van der Waals surface area contributed by atoms with Gasteiger partial charge < -0.3 is 24.6 Å². The summed E-state index contributed by atoms with van der Waals surface area (Å²) in [5.74, 6) is 0.227. The fraction of sp³-hybridized carbons (Fsp3) is 0.481. The second-order valence-corrected chi connectivity index (χ2v) is 10.8. The van der Waals surface area contributed by atoms with Crippen LogP contribution in [0.25, 0.3) is 15.9 Å². The second-order valence-electron chi connectivity index (χ2n) is 9.74. The molecular weight excluding hydrogens is 458 g/mol. The summed E-state index contributed by atoms with van der Waals surface area (Å²) in [6, 6.07) is 14.3. The summed E-state index contributed by atoms with van der Waals surface area (Å²) in [6.07, 6.45) is 4.51. The third-order valence-corrected chi connectivity index (χ3v) is 8.41. The van der Waals surface area contributed by atoms with Crippen molar-refractivity contribution in [3.63, 3.8) is 0 Å². The van der Waals surface area contributed by atoms with Crippen molar-refractivity contribution < 1.29 is 9.59 Å². The molecule has 1 aromatic carbocycles. The van der Waals surface area contributed by atoms with Crippen LogP contribution in [0.2, 0.25) is 0 Å². The number of benzene rings is 1. The molecule has 2 amide bonds. The fourth-order valence-electron chi connectivity index (χ4n) is 5.08. The van der Waals surface area contributed by atoms with Gasteiger partial charge >= 0.3 is 0 Å². The number of carbonyl (C=O) groups is 2. The summed E-state index contributed by atoms with van der Waals surface area (Å²) in [4.78, 5) is 33.3. The van der Waals surface area contributed by atoms with E-state index in [0.29, 0.717) is 13.1 Å². The maximum atomic E-state index is 13.1. The number of fused-ring (bicyclic) bond motifs is 1. The molecule has 1 N–H and O–H groups in total. The van der Waals surface area contributed by atoms with Gasteiger partial charge in [0.1, 0.15) is 5.00 Å². The molecular formula is C27H35N5O2S. The summed E-state index contributed by atoms with van der Waals surface area (Å²) < 4.78 is 2.14. The van der Waals surface area contributed by atoms with Crippen molar-refractivity contribution in [1.82, 2.24) is 24.6 Å². The lowest BCUT2D eigenvalue weighted by Gasteiger charge is -2.32. The molecule has 0 bridgehead atoms. The zero-order chi connectivity index (χ0) is 24.2. The van der Waals surface area contributed by atoms with E-state index in [1.807, 2.05) is 29.2 Å². The van der Waals surface area contributed by atoms with Crippen LogP contribution in [0.15, 0.2) is 48.7 Å². The number of hydrogen-bond donors (Lipinski definition) is 1. The number of piperidine rings is 1. The third-order valence-electron chi connectivity index (χ3n) is 7.34. The van der Waals surface area contributed by atoms with Crippen LogP contribution < -0.4 is 5.32 Å². The van der Waals surface area contributed by atoms with Gasteiger partial charge in [-0.05, 0) is 62.5 Å². The molecule has 2 saturated heterocycles. The van der Waals surface area contributed by atoms with E-state index < -0.39 is 0 Å². The molecule has 0 unspecified atom stereocenters. The minimum absolute atomic E-state index is 0.00724. The van der Waals surface area contributed by atoms with Crippen molar-refractivity contribution in [3.8, 4) is 5.00 Å². The number of nitrogens with one attached hydrogen (secondary N) is 1. The lowest BCUT2D eigenvalue weighted by Crippen LogP contribution is -2.45. The SMILES string of the molecule is CN1CCN(CCCNC(=O)C2CCN(C(=O)c3ccc(-n4ccc5ccccc54)s3)CC2)CC1. The molecule has 0 atom stereocenters. The average Bonchev–Trinajstić information content (AvgIpc) is 3.54. The molecule has 8 heteroatoms. The molecule has 3 aromatic rings. The Balaban J connectivity index is 1.07. The number of thiophene rings is 1. The fourth-order valence-corrected chi connectivity index (χ4v) is 6.05. The molecule has 5 rings (SSSR count). The van der Waals surface area contributed by atoms with Crippen LogP contribution in [-0.2, 0) is 4.79 Å². The van der Waals surface area contributed by atoms with Gasteiger partial charge in [-0.2, -0.15) is 0 Å². The monoisotopic (exact) mass is 493 g/mol. The Morgan fingerprint density at radius 1 is 0.971 bits per heavy atom. The predicted molar refractivity (Wildman–Crippen MR) is 141 cm³/mol. The van der Waals surface area contributed by atoms with Crippen LogP contribution in [0.4, 0.5) is 0 Å². The molecule has 35 heavy (non-hydrogen) atoms. The van der Waals surface area contributed by atoms with Gasteiger partial charge in [-0.1, -0.05) is 18.2 Å². The van der Waals surface area contributed by atoms with Crippen LogP contribution in [0, 0.1) is 5.92 Å². The van der Waals surface area contributed by atoms with Gasteiger partial charge in [0.15, 0.2) is 0 Å². The molecule has 0 saturated carbocycles. The minimum atomic E-state index is 0.00724. The summed E-state index contributed by atoms with van der Waals surface area (Å²) in [5.41, 5.74) is 1.14. The first kappa shape index (κ1) is 24.0. The van der Waals surface area contributed by atoms with Crippen LogP contribution in [0.1, 0.15) is 28.9 Å². The third kappa shape index (κ3) is 5.60. The van der Waals surface area contributed by atoms with Crippen molar-refractivity contribution in [2.24, 2.45) is 5.92 Å². The van der Waals surface area contributed by atoms with Gasteiger partial charge in [0.25, 0.3) is 5.91 Å². The first-order valence-corrected chi connectivity index (χ1v) is 13.5. The Hall–Kier alpha value is -2.68. The van der Waals surface area contributed by atoms with Crippen molar-refractivity contribution in [1.29, 1.82) is 0 Å². The van der Waals surface area contributed by atoms with Gasteiger partial charge in [-0.3, -0.25) is 9.59 Å². The van der Waals surface area contributed by atoms with E-state index in [4.69, 9.17) is 0 Å². The molecule has 7 nitrogen and oxygen atoms in total. The molecule has 4 heterocycles. The van der Waals surface area contributed by atoms with Crippen LogP contribution in [0.3, 0.4) is 0 Å². The van der Waals surface area contributed by atoms with Gasteiger partial charge in [0.2, 0.25) is 5.91 Å². The standard InChI is InChI=1S/C27H35N5O2S/c1-29-17-19-30(20-18-29)13-4-12-28-26(33)22-9-14-31(15-10-22)27(34)24-7-8-25(35-24)32-16-11-21-5-2-3-6-23(21)32/h2-3,5-8,11,16,22H,4,9-10,12-15,17-20H2,1H3,(H,28,33). The summed E-state index contributed by atoms with van der Waals surface area (Å²) in [6.45, 7) is 7.53. The Morgan fingerprint density at radius 2 is 1.74 bits per heavy atom. The molecule has 2 fully saturated rings. The van der Waals surface area contributed by atoms with E-state index in [0.717, 1.165) is 73.9 Å². The molecule has 0 radical (unpaired) electrons. The highest BCUT2D eigenvalue weighted by Gasteiger charge is 2.28. The summed E-state index contributed by atoms with van der Waals surface area (Å²) >= 11 is 1.53. The van der Waals surface area contributed by atoms with Gasteiger partial charge in [-0.25, -0.2) is 0 Å². The zero-order valence-electron chi connectivity index (χ0n) is 20.5. The number of aromatic nitrogens is 1. The Bertz CT molecular complexity index is 1160. The number of likely N-dealkylation sites (N-methyl/N-ethyl adjacent to an activating group) is 1. The highest BCUT2D eigenvalue weighted by molar-refractivity contribution is 7.16. The number of rotatable bonds is 7. The lowest BCUT2D eigenvalue weighted by atomic mass is 9.95. The van der Waals surface area contributed by atoms with Crippen LogP contribution in [-0.4, -0.2) is 90.5 Å². The second kappa shape index (κ2) is 10.9. The Labute approximate surface area is 211 Å². The molecule has 0 spiro atoms. The molecule has 186 valence electrons. The van der Waals surface area contributed by atoms with Crippen LogP contribution in [0.5, 0.6) is 0 Å². The summed E-state index contributed by atoms with van der Waals surface area (Å²) in [5, 5.41) is 5.36. The van der Waals surface area contributed by atoms with E-state index in [-0.39, 0.29) is 17.7 Å².